The average Bonchev–Trinajstić information content (AvgIpc) is 3.11. The predicted octanol–water partition coefficient (Wildman–Crippen LogP) is 4.09. The number of anilines is 2. The number of sulfone groups is 1. The number of hydrogen-bond donors (Lipinski definition) is 2. The monoisotopic (exact) mass is 375 g/mol. The van der Waals surface area contributed by atoms with Crippen LogP contribution in [-0.4, -0.2) is 34.8 Å². The van der Waals surface area contributed by atoms with Gasteiger partial charge in [0, 0.05) is 19.6 Å². The van der Waals surface area contributed by atoms with Crippen LogP contribution >= 0.6 is 0 Å². The first kappa shape index (κ1) is 18.3. The average molecular weight is 375 g/mol. The summed E-state index contributed by atoms with van der Waals surface area (Å²) in [4.78, 5) is 8.66. The molecule has 26 heavy (non-hydrogen) atoms. The van der Waals surface area contributed by atoms with Gasteiger partial charge in [-0.1, -0.05) is 38.5 Å². The molecule has 2 aromatic heterocycles. The van der Waals surface area contributed by atoms with Crippen LogP contribution in [0, 0.1) is 0 Å². The lowest BCUT2D eigenvalue weighted by atomic mass is 10.0. The molecule has 0 radical (unpaired) electrons. The summed E-state index contributed by atoms with van der Waals surface area (Å²) in [6.07, 6.45) is 13.5. The third-order valence-electron chi connectivity index (χ3n) is 4.23. The quantitative estimate of drug-likeness (QED) is 0.715. The lowest BCUT2D eigenvalue weighted by Crippen LogP contribution is -1.99. The lowest BCUT2D eigenvalue weighted by Gasteiger charge is -2.05. The van der Waals surface area contributed by atoms with Crippen molar-refractivity contribution in [3.05, 3.63) is 36.7 Å². The first-order valence-electron chi connectivity index (χ1n) is 8.76. The van der Waals surface area contributed by atoms with Crippen molar-refractivity contribution in [1.29, 1.82) is 0 Å². The molecule has 2 N–H and O–H groups in total. The molecule has 1 aliphatic rings. The minimum absolute atomic E-state index is 0. The highest BCUT2D eigenvalue weighted by molar-refractivity contribution is 7.90. The van der Waals surface area contributed by atoms with E-state index in [-0.39, 0.29) is 6.32 Å². The van der Waals surface area contributed by atoms with Gasteiger partial charge in [-0.25, -0.2) is 13.4 Å². The van der Waals surface area contributed by atoms with Crippen molar-refractivity contribution < 1.29 is 9.84 Å². The molecule has 1 aromatic carbocycles. The first-order valence-corrected chi connectivity index (χ1v) is 10.6. The molecule has 140 valence electrons. The minimum atomic E-state index is -3.19. The Morgan fingerprint density at radius 3 is 2.19 bits per heavy atom. The summed E-state index contributed by atoms with van der Waals surface area (Å²) < 4.78 is 22.7. The number of hydrogen-bond acceptors (Lipinski definition) is 6. The number of fused-ring (bicyclic) bond motifs is 1. The van der Waals surface area contributed by atoms with Gasteiger partial charge in [-0.15, -0.1) is 0 Å². The molecule has 2 heterocycles. The molecule has 0 bridgehead atoms. The van der Waals surface area contributed by atoms with Crippen LogP contribution in [0.1, 0.15) is 40.0 Å². The Labute approximate surface area is 154 Å². The maximum atomic E-state index is 11.4. The van der Waals surface area contributed by atoms with E-state index in [9.17, 15) is 8.42 Å². The van der Waals surface area contributed by atoms with Crippen molar-refractivity contribution in [2.75, 3.05) is 11.6 Å². The molecular formula is C18H25N5O2S. The van der Waals surface area contributed by atoms with Gasteiger partial charge >= 0.3 is 0 Å². The van der Waals surface area contributed by atoms with E-state index in [0.717, 1.165) is 5.39 Å². The van der Waals surface area contributed by atoms with Crippen molar-refractivity contribution in [2.45, 2.75) is 43.4 Å². The SMILES string of the molecule is C1CCCCC1.CS(=O)(=O)c1ccc(Nc2ncc3cn[nH]c3n2)cc1.[HH]. The van der Waals surface area contributed by atoms with Crippen molar-refractivity contribution in [3.63, 3.8) is 0 Å². The van der Waals surface area contributed by atoms with Gasteiger partial charge in [0.05, 0.1) is 16.5 Å². The molecule has 1 aliphatic carbocycles. The smallest absolute Gasteiger partial charge is 0.229 e. The lowest BCUT2D eigenvalue weighted by molar-refractivity contribution is 0.504. The molecule has 8 heteroatoms. The van der Waals surface area contributed by atoms with Crippen LogP contribution in [0.4, 0.5) is 11.6 Å². The number of aromatic nitrogens is 4. The van der Waals surface area contributed by atoms with Gasteiger partial charge in [-0.3, -0.25) is 5.10 Å². The Morgan fingerprint density at radius 2 is 1.62 bits per heavy atom. The fourth-order valence-electron chi connectivity index (χ4n) is 2.77. The van der Waals surface area contributed by atoms with E-state index in [1.165, 1.54) is 56.9 Å². The highest BCUT2D eigenvalue weighted by Gasteiger charge is 2.07. The zero-order chi connectivity index (χ0) is 18.4. The summed E-state index contributed by atoms with van der Waals surface area (Å²) in [6.45, 7) is 0. The predicted molar refractivity (Wildman–Crippen MR) is 104 cm³/mol. The Hall–Kier alpha value is -2.48. The molecular weight excluding hydrogens is 350 g/mol. The number of rotatable bonds is 3. The largest absolute Gasteiger partial charge is 0.324 e. The molecule has 7 nitrogen and oxygen atoms in total. The number of aromatic amines is 1. The topological polar surface area (TPSA) is 101 Å². The van der Waals surface area contributed by atoms with E-state index < -0.39 is 9.84 Å². The Bertz CT molecular complexity index is 942. The van der Waals surface area contributed by atoms with E-state index in [0.29, 0.717) is 17.3 Å². The maximum Gasteiger partial charge on any atom is 0.229 e. The molecule has 0 saturated heterocycles. The molecule has 0 amide bonds. The van der Waals surface area contributed by atoms with E-state index >= 15 is 0 Å². The van der Waals surface area contributed by atoms with Crippen LogP contribution < -0.4 is 5.32 Å². The van der Waals surface area contributed by atoms with Crippen LogP contribution in [0.2, 0.25) is 0 Å². The number of H-pyrrole nitrogens is 1. The molecule has 0 spiro atoms. The van der Waals surface area contributed by atoms with Crippen LogP contribution in [0.25, 0.3) is 11.0 Å². The van der Waals surface area contributed by atoms with Gasteiger partial charge in [0.15, 0.2) is 15.5 Å². The Morgan fingerprint density at radius 1 is 1.00 bits per heavy atom. The Kier molecular flexibility index (Phi) is 5.82. The number of nitrogens with one attached hydrogen (secondary N) is 2. The zero-order valence-corrected chi connectivity index (χ0v) is 15.6. The number of nitrogens with zero attached hydrogens (tertiary/aromatic N) is 3. The second-order valence-corrected chi connectivity index (χ2v) is 8.43. The summed E-state index contributed by atoms with van der Waals surface area (Å²) >= 11 is 0. The molecule has 4 rings (SSSR count). The van der Waals surface area contributed by atoms with E-state index in [2.05, 4.69) is 25.5 Å². The molecule has 1 fully saturated rings. The summed E-state index contributed by atoms with van der Waals surface area (Å²) in [5, 5.41) is 10.4. The third-order valence-corrected chi connectivity index (χ3v) is 5.36. The summed E-state index contributed by atoms with van der Waals surface area (Å²) in [7, 11) is -3.19. The molecule has 0 unspecified atom stereocenters. The fourth-order valence-corrected chi connectivity index (χ4v) is 3.40. The van der Waals surface area contributed by atoms with Gasteiger partial charge in [-0.2, -0.15) is 10.1 Å². The van der Waals surface area contributed by atoms with E-state index in [1.807, 2.05) is 0 Å². The van der Waals surface area contributed by atoms with E-state index in [1.54, 1.807) is 24.5 Å². The second-order valence-electron chi connectivity index (χ2n) is 6.41. The van der Waals surface area contributed by atoms with E-state index in [4.69, 9.17) is 0 Å². The molecule has 0 atom stereocenters. The van der Waals surface area contributed by atoms with Crippen LogP contribution in [0.3, 0.4) is 0 Å². The molecule has 3 aromatic rings. The van der Waals surface area contributed by atoms with Gasteiger partial charge in [0.25, 0.3) is 0 Å². The minimum Gasteiger partial charge on any atom is -0.324 e. The van der Waals surface area contributed by atoms with Gasteiger partial charge < -0.3 is 5.32 Å². The van der Waals surface area contributed by atoms with Crippen molar-refractivity contribution in [1.82, 2.24) is 20.2 Å². The van der Waals surface area contributed by atoms with Gasteiger partial charge in [0.2, 0.25) is 5.95 Å². The van der Waals surface area contributed by atoms with Crippen LogP contribution in [-0.2, 0) is 9.84 Å². The second kappa shape index (κ2) is 8.27. The van der Waals surface area contributed by atoms with Crippen molar-refractivity contribution in [3.8, 4) is 0 Å². The number of benzene rings is 1. The molecule has 1 saturated carbocycles. The zero-order valence-electron chi connectivity index (χ0n) is 14.8. The summed E-state index contributed by atoms with van der Waals surface area (Å²) in [5.41, 5.74) is 1.34. The summed E-state index contributed by atoms with van der Waals surface area (Å²) in [6, 6.07) is 6.40. The van der Waals surface area contributed by atoms with Gasteiger partial charge in [-0.05, 0) is 24.3 Å². The first-order chi connectivity index (χ1) is 12.5. The van der Waals surface area contributed by atoms with Crippen LogP contribution in [0.15, 0.2) is 41.6 Å². The highest BCUT2D eigenvalue weighted by atomic mass is 32.2. The summed E-state index contributed by atoms with van der Waals surface area (Å²) in [5.74, 6) is 0.411. The van der Waals surface area contributed by atoms with Crippen LogP contribution in [0.5, 0.6) is 0 Å². The highest BCUT2D eigenvalue weighted by Crippen LogP contribution is 2.18. The normalized spacial score (nSPS) is 14.5. The van der Waals surface area contributed by atoms with Crippen molar-refractivity contribution in [2.24, 2.45) is 0 Å². The molecule has 0 aliphatic heterocycles. The maximum absolute atomic E-state index is 11.4. The third kappa shape index (κ3) is 5.01. The Balaban J connectivity index is 0.000000320. The standard InChI is InChI=1S/C12H11N5O2S.C6H12.H2/c1-20(18,19)10-4-2-9(3-5-10)15-12-13-6-8-7-14-17-11(8)16-12;1-2-4-6-5-3-1;/h2-7H,1H3,(H2,13,14,15,16,17);1-6H2;1H. The van der Waals surface area contributed by atoms with Gasteiger partial charge in [0.1, 0.15) is 0 Å². The fraction of sp³-hybridized carbons (Fsp3) is 0.389. The van der Waals surface area contributed by atoms with Crippen molar-refractivity contribution >= 4 is 32.5 Å².